The minimum absolute atomic E-state index is 0.00205. The zero-order chi connectivity index (χ0) is 26.4. The number of nitrogens with zero attached hydrogens (tertiary/aromatic N) is 3. The molecule has 0 aliphatic carbocycles. The van der Waals surface area contributed by atoms with Crippen molar-refractivity contribution in [3.05, 3.63) is 112 Å². The molecule has 0 atom stereocenters. The zero-order valence-corrected chi connectivity index (χ0v) is 20.9. The second-order valence-electron chi connectivity index (χ2n) is 9.40. The first kappa shape index (κ1) is 24.1. The summed E-state index contributed by atoms with van der Waals surface area (Å²) < 4.78 is 16.6. The average molecular weight is 498 g/mol. The van der Waals surface area contributed by atoms with E-state index in [1.165, 1.54) is 28.9 Å². The Balaban J connectivity index is 1.81. The standard InChI is InChI=1S/C29H25FN4O3/c1-17(2)25-23(28(36)34(31-25)22-8-6-5-7-9-22)24-26(32-15-14-18(3)19(4)16-32)29(37)33(27(24)35)21-12-10-20(30)11-13-21/h5-17H,1-4H3/p+1. The van der Waals surface area contributed by atoms with Gasteiger partial charge in [-0.25, -0.2) is 14.0 Å². The lowest BCUT2D eigenvalue weighted by atomic mass is 9.98. The fraction of sp³-hybridized carbons (Fsp3) is 0.172. The predicted molar refractivity (Wildman–Crippen MR) is 139 cm³/mol. The van der Waals surface area contributed by atoms with Gasteiger partial charge in [-0.3, -0.25) is 19.5 Å². The van der Waals surface area contributed by atoms with Crippen LogP contribution in [-0.2, 0) is 9.59 Å². The van der Waals surface area contributed by atoms with Crippen LogP contribution >= 0.6 is 0 Å². The number of hydrogen-bond acceptors (Lipinski definition) is 3. The summed E-state index contributed by atoms with van der Waals surface area (Å²) in [5.41, 5.74) is 3.06. The van der Waals surface area contributed by atoms with Crippen molar-refractivity contribution >= 4 is 28.8 Å². The molecule has 0 saturated carbocycles. The number of halogens is 1. The number of aromatic amines is 1. The molecule has 37 heavy (non-hydrogen) atoms. The number of H-pyrrole nitrogens is 1. The summed E-state index contributed by atoms with van der Waals surface area (Å²) in [5.74, 6) is -1.89. The van der Waals surface area contributed by atoms with E-state index in [9.17, 15) is 18.8 Å². The highest BCUT2D eigenvalue weighted by atomic mass is 19.1. The fourth-order valence-corrected chi connectivity index (χ4v) is 4.50. The number of hydrogen-bond donors (Lipinski definition) is 1. The van der Waals surface area contributed by atoms with E-state index in [1.807, 2.05) is 52.0 Å². The highest BCUT2D eigenvalue weighted by Gasteiger charge is 2.48. The van der Waals surface area contributed by atoms with Gasteiger partial charge in [0, 0.05) is 17.3 Å². The zero-order valence-electron chi connectivity index (χ0n) is 20.9. The van der Waals surface area contributed by atoms with Crippen LogP contribution in [0.2, 0.25) is 0 Å². The molecule has 0 bridgehead atoms. The first-order valence-electron chi connectivity index (χ1n) is 12.0. The number of benzene rings is 2. The largest absolute Gasteiger partial charge is 0.331 e. The number of imide groups is 1. The van der Waals surface area contributed by atoms with Gasteiger partial charge in [-0.1, -0.05) is 32.0 Å². The molecule has 1 N–H and O–H groups in total. The second kappa shape index (κ2) is 9.13. The van der Waals surface area contributed by atoms with E-state index in [-0.39, 0.29) is 28.4 Å². The number of carbonyl (C=O) groups excluding carboxylic acids is 2. The van der Waals surface area contributed by atoms with E-state index in [2.05, 4.69) is 5.10 Å². The third-order valence-electron chi connectivity index (χ3n) is 6.60. The van der Waals surface area contributed by atoms with Gasteiger partial charge in [0.05, 0.1) is 16.9 Å². The summed E-state index contributed by atoms with van der Waals surface area (Å²) in [6.45, 7) is 7.67. The molecule has 1 aliphatic rings. The average Bonchev–Trinajstić information content (AvgIpc) is 3.35. The Labute approximate surface area is 213 Å². The Morgan fingerprint density at radius 2 is 1.51 bits per heavy atom. The van der Waals surface area contributed by atoms with Gasteiger partial charge in [0.15, 0.2) is 12.4 Å². The van der Waals surface area contributed by atoms with Gasteiger partial charge in [0.25, 0.3) is 17.2 Å². The number of para-hydroxylation sites is 1. The molecule has 1 aliphatic heterocycles. The maximum atomic E-state index is 14.0. The van der Waals surface area contributed by atoms with Crippen molar-refractivity contribution in [3.63, 3.8) is 0 Å². The molecule has 3 heterocycles. The van der Waals surface area contributed by atoms with E-state index in [0.717, 1.165) is 16.0 Å². The van der Waals surface area contributed by atoms with E-state index >= 15 is 0 Å². The molecule has 186 valence electrons. The number of amides is 2. The minimum atomic E-state index is -0.643. The molecule has 0 unspecified atom stereocenters. The number of pyridine rings is 1. The third kappa shape index (κ3) is 4.00. The highest BCUT2D eigenvalue weighted by Crippen LogP contribution is 2.35. The van der Waals surface area contributed by atoms with E-state index in [0.29, 0.717) is 11.4 Å². The molecule has 0 radical (unpaired) electrons. The second-order valence-corrected chi connectivity index (χ2v) is 9.40. The molecule has 8 heteroatoms. The molecule has 0 saturated heterocycles. The molecule has 5 rings (SSSR count). The number of carbonyl (C=O) groups is 2. The van der Waals surface area contributed by atoms with E-state index in [4.69, 9.17) is 0 Å². The smallest absolute Gasteiger partial charge is 0.294 e. The van der Waals surface area contributed by atoms with Crippen molar-refractivity contribution in [2.75, 3.05) is 4.90 Å². The number of anilines is 1. The molecule has 0 fully saturated rings. The minimum Gasteiger partial charge on any atom is -0.294 e. The first-order chi connectivity index (χ1) is 17.7. The van der Waals surface area contributed by atoms with Crippen LogP contribution in [0.3, 0.4) is 0 Å². The van der Waals surface area contributed by atoms with Gasteiger partial charge >= 0.3 is 5.91 Å². The Morgan fingerprint density at radius 3 is 2.14 bits per heavy atom. The van der Waals surface area contributed by atoms with Crippen LogP contribution in [0.5, 0.6) is 0 Å². The Morgan fingerprint density at radius 1 is 0.838 bits per heavy atom. The van der Waals surface area contributed by atoms with Crippen molar-refractivity contribution in [1.82, 2.24) is 9.78 Å². The molecule has 7 nitrogen and oxygen atoms in total. The van der Waals surface area contributed by atoms with E-state index < -0.39 is 23.2 Å². The molecule has 2 aromatic carbocycles. The normalized spacial score (nSPS) is 13.8. The Bertz CT molecular complexity index is 1630. The van der Waals surface area contributed by atoms with Crippen LogP contribution in [0.25, 0.3) is 17.0 Å². The SMILES string of the molecule is Cc1cc[n+](C2=C(c3c(C(C)C)[nH]n(-c4ccccc4)c3=O)C(=O)N(c3ccc(F)cc3)C2=O)cc1C. The fourth-order valence-electron chi connectivity index (χ4n) is 4.50. The third-order valence-corrected chi connectivity index (χ3v) is 6.60. The van der Waals surface area contributed by atoms with Gasteiger partial charge in [-0.05, 0) is 61.7 Å². The maximum Gasteiger partial charge on any atom is 0.331 e. The van der Waals surface area contributed by atoms with Crippen molar-refractivity contribution in [2.24, 2.45) is 0 Å². The van der Waals surface area contributed by atoms with Crippen LogP contribution in [-0.4, -0.2) is 21.6 Å². The molecular weight excluding hydrogens is 471 g/mol. The lowest BCUT2D eigenvalue weighted by Crippen LogP contribution is -2.40. The Kier molecular flexibility index (Phi) is 5.95. The summed E-state index contributed by atoms with van der Waals surface area (Å²) in [6, 6.07) is 16.0. The summed E-state index contributed by atoms with van der Waals surface area (Å²) in [4.78, 5) is 42.7. The molecular formula is C29H26FN4O3+. The molecule has 2 aromatic heterocycles. The first-order valence-corrected chi connectivity index (χ1v) is 12.0. The monoisotopic (exact) mass is 497 g/mol. The Hall–Kier alpha value is -4.59. The lowest BCUT2D eigenvalue weighted by Gasteiger charge is -2.14. The van der Waals surface area contributed by atoms with Gasteiger partial charge in [-0.15, -0.1) is 0 Å². The number of aryl methyl sites for hydroxylation is 2. The van der Waals surface area contributed by atoms with Crippen molar-refractivity contribution in [3.8, 4) is 5.69 Å². The van der Waals surface area contributed by atoms with Crippen molar-refractivity contribution < 1.29 is 18.5 Å². The maximum absolute atomic E-state index is 14.0. The number of rotatable bonds is 5. The lowest BCUT2D eigenvalue weighted by molar-refractivity contribution is -0.577. The van der Waals surface area contributed by atoms with Crippen LogP contribution in [0, 0.1) is 19.7 Å². The quantitative estimate of drug-likeness (QED) is 0.330. The molecule has 4 aromatic rings. The predicted octanol–water partition coefficient (Wildman–Crippen LogP) is 4.27. The number of aromatic nitrogens is 3. The van der Waals surface area contributed by atoms with Gasteiger partial charge < -0.3 is 0 Å². The highest BCUT2D eigenvalue weighted by molar-refractivity contribution is 6.53. The molecule has 2 amide bonds. The summed E-state index contributed by atoms with van der Waals surface area (Å²) in [7, 11) is 0. The van der Waals surface area contributed by atoms with Crippen LogP contribution in [0.15, 0.2) is 77.9 Å². The van der Waals surface area contributed by atoms with Gasteiger partial charge in [0.2, 0.25) is 0 Å². The van der Waals surface area contributed by atoms with Crippen LogP contribution in [0.1, 0.15) is 42.1 Å². The number of nitrogens with one attached hydrogen (secondary N) is 1. The van der Waals surface area contributed by atoms with Gasteiger partial charge in [0.1, 0.15) is 11.4 Å². The summed E-state index contributed by atoms with van der Waals surface area (Å²) >= 11 is 0. The molecule has 0 spiro atoms. The van der Waals surface area contributed by atoms with Gasteiger partial charge in [-0.2, -0.15) is 4.57 Å². The topological polar surface area (TPSA) is 79.1 Å². The van der Waals surface area contributed by atoms with Crippen LogP contribution in [0.4, 0.5) is 10.1 Å². The van der Waals surface area contributed by atoms with E-state index in [1.54, 1.807) is 29.1 Å². The summed E-state index contributed by atoms with van der Waals surface area (Å²) in [6.07, 6.45) is 3.47. The van der Waals surface area contributed by atoms with Crippen molar-refractivity contribution in [1.29, 1.82) is 0 Å². The summed E-state index contributed by atoms with van der Waals surface area (Å²) in [5, 5.41) is 3.16. The van der Waals surface area contributed by atoms with Crippen LogP contribution < -0.4 is 15.0 Å². The van der Waals surface area contributed by atoms with Crippen molar-refractivity contribution in [2.45, 2.75) is 33.6 Å².